The first-order valence-electron chi connectivity index (χ1n) is 23.1. The molecule has 0 fully saturated rings. The number of furan rings is 2. The van der Waals surface area contributed by atoms with Crippen molar-refractivity contribution in [3.8, 4) is 56.4 Å². The maximum atomic E-state index is 6.65. The van der Waals surface area contributed by atoms with E-state index in [4.69, 9.17) is 23.8 Å². The summed E-state index contributed by atoms with van der Waals surface area (Å²) in [6.07, 6.45) is 0. The van der Waals surface area contributed by atoms with Crippen molar-refractivity contribution in [1.29, 1.82) is 0 Å². The van der Waals surface area contributed by atoms with Crippen molar-refractivity contribution >= 4 is 108 Å². The van der Waals surface area contributed by atoms with E-state index in [9.17, 15) is 0 Å². The van der Waals surface area contributed by atoms with Gasteiger partial charge in [-0.25, -0.2) is 15.0 Å². The molecule has 0 aliphatic heterocycles. The number of benzene rings is 11. The van der Waals surface area contributed by atoms with E-state index >= 15 is 0 Å². The van der Waals surface area contributed by atoms with Crippen molar-refractivity contribution < 1.29 is 8.83 Å². The fraction of sp³-hybridized carbons (Fsp3) is 0. The van der Waals surface area contributed by atoms with Crippen LogP contribution in [0.4, 0.5) is 0 Å². The molecule has 15 aromatic rings. The zero-order valence-corrected chi connectivity index (χ0v) is 37.6. The molecule has 4 aromatic heterocycles. The number of hydrogen-bond donors (Lipinski definition) is 0. The first-order chi connectivity index (χ1) is 34.2. The summed E-state index contributed by atoms with van der Waals surface area (Å²) >= 11 is 1.84. The minimum atomic E-state index is 0.575. The highest BCUT2D eigenvalue weighted by molar-refractivity contribution is 7.25. The predicted octanol–water partition coefficient (Wildman–Crippen LogP) is 17.8. The van der Waals surface area contributed by atoms with Crippen LogP contribution in [0.3, 0.4) is 0 Å². The standard InChI is InChI=1S/C63H35N3O2S/c1-2-12-36(13-3-1)61-64-62(40-26-28-46-44-16-5-4-14-42(44)43-15-6-7-17-45(43)51(46)33-40)66-63(65-61)50-20-11-22-55-60(50)52-32-39(27-31-53(52)67-55)41-19-10-21-54-59(41)49-30-25-37(34-56(49)68-54)38-24-29-48-47-18-8-9-23-57(47)69-58(48)35-38/h1-35H. The van der Waals surface area contributed by atoms with Gasteiger partial charge in [0.25, 0.3) is 0 Å². The van der Waals surface area contributed by atoms with Gasteiger partial charge in [-0.15, -0.1) is 11.3 Å². The van der Waals surface area contributed by atoms with Crippen molar-refractivity contribution in [3.05, 3.63) is 212 Å². The molecule has 0 atom stereocenters. The van der Waals surface area contributed by atoms with Gasteiger partial charge < -0.3 is 8.83 Å². The van der Waals surface area contributed by atoms with Crippen LogP contribution in [-0.2, 0) is 0 Å². The molecule has 4 heterocycles. The molecule has 0 radical (unpaired) electrons. The Hall–Kier alpha value is -8.97. The molecule has 0 aliphatic carbocycles. The number of rotatable bonds is 5. The molecule has 0 amide bonds. The summed E-state index contributed by atoms with van der Waals surface area (Å²) in [4.78, 5) is 15.7. The minimum absolute atomic E-state index is 0.575. The summed E-state index contributed by atoms with van der Waals surface area (Å²) < 4.78 is 15.9. The fourth-order valence-electron chi connectivity index (χ4n) is 10.7. The van der Waals surface area contributed by atoms with Gasteiger partial charge in [0.2, 0.25) is 0 Å². The lowest BCUT2D eigenvalue weighted by Gasteiger charge is -2.13. The third kappa shape index (κ3) is 5.92. The van der Waals surface area contributed by atoms with Crippen LogP contribution in [0.1, 0.15) is 0 Å². The van der Waals surface area contributed by atoms with Crippen LogP contribution in [0, 0.1) is 0 Å². The zero-order valence-electron chi connectivity index (χ0n) is 36.8. The van der Waals surface area contributed by atoms with Crippen molar-refractivity contribution in [1.82, 2.24) is 15.0 Å². The molecule has 0 spiro atoms. The van der Waals surface area contributed by atoms with Gasteiger partial charge in [-0.2, -0.15) is 0 Å². The summed E-state index contributed by atoms with van der Waals surface area (Å²) in [5.74, 6) is 1.78. The van der Waals surface area contributed by atoms with Crippen LogP contribution in [0.15, 0.2) is 221 Å². The molecule has 0 saturated carbocycles. The van der Waals surface area contributed by atoms with E-state index in [1.165, 1.54) is 52.7 Å². The van der Waals surface area contributed by atoms with Gasteiger partial charge in [-0.1, -0.05) is 158 Å². The lowest BCUT2D eigenvalue weighted by atomic mass is 9.93. The van der Waals surface area contributed by atoms with Gasteiger partial charge in [0.15, 0.2) is 17.5 Å². The number of hydrogen-bond acceptors (Lipinski definition) is 6. The Balaban J connectivity index is 0.878. The Morgan fingerprint density at radius 1 is 0.261 bits per heavy atom. The highest BCUT2D eigenvalue weighted by Crippen LogP contribution is 2.44. The zero-order chi connectivity index (χ0) is 45.2. The SMILES string of the molecule is c1ccc(-c2nc(-c3ccc4c5ccccc5c5ccccc5c4c3)nc(-c3cccc4oc5ccc(-c6cccc7oc8cc(-c9ccc%10c(c9)sc9ccccc9%10)ccc8c67)cc5c34)n2)cc1. The second-order valence-electron chi connectivity index (χ2n) is 17.8. The summed E-state index contributed by atoms with van der Waals surface area (Å²) in [6, 6.07) is 75.0. The van der Waals surface area contributed by atoms with Crippen LogP contribution in [0.25, 0.3) is 153 Å². The summed E-state index contributed by atoms with van der Waals surface area (Å²) in [5.41, 5.74) is 10.4. The van der Waals surface area contributed by atoms with E-state index in [0.717, 1.165) is 82.6 Å². The number of fused-ring (bicyclic) bond motifs is 15. The topological polar surface area (TPSA) is 65.0 Å². The van der Waals surface area contributed by atoms with Gasteiger partial charge >= 0.3 is 0 Å². The van der Waals surface area contributed by atoms with Crippen LogP contribution < -0.4 is 0 Å². The lowest BCUT2D eigenvalue weighted by molar-refractivity contribution is 0.669. The third-order valence-electron chi connectivity index (χ3n) is 13.9. The number of nitrogens with zero attached hydrogens (tertiary/aromatic N) is 3. The molecule has 0 bridgehead atoms. The quantitative estimate of drug-likeness (QED) is 0.161. The Kier molecular flexibility index (Phi) is 8.17. The molecule has 320 valence electrons. The second kappa shape index (κ2) is 14.8. The number of thiophene rings is 1. The lowest BCUT2D eigenvalue weighted by Crippen LogP contribution is -2.00. The molecule has 0 saturated heterocycles. The maximum Gasteiger partial charge on any atom is 0.164 e. The van der Waals surface area contributed by atoms with E-state index < -0.39 is 0 Å². The van der Waals surface area contributed by atoms with E-state index in [-0.39, 0.29) is 0 Å². The fourth-order valence-corrected chi connectivity index (χ4v) is 11.9. The van der Waals surface area contributed by atoms with Gasteiger partial charge in [-0.3, -0.25) is 0 Å². The molecular formula is C63H35N3O2S. The van der Waals surface area contributed by atoms with E-state index in [0.29, 0.717) is 17.5 Å². The van der Waals surface area contributed by atoms with Crippen molar-refractivity contribution in [2.24, 2.45) is 0 Å². The molecule has 15 rings (SSSR count). The average Bonchev–Trinajstić information content (AvgIpc) is 4.11. The van der Waals surface area contributed by atoms with Gasteiger partial charge in [-0.05, 0) is 109 Å². The molecule has 0 aliphatic rings. The molecule has 5 nitrogen and oxygen atoms in total. The molecule has 6 heteroatoms. The van der Waals surface area contributed by atoms with Crippen LogP contribution in [0.2, 0.25) is 0 Å². The van der Waals surface area contributed by atoms with Gasteiger partial charge in [0.1, 0.15) is 22.3 Å². The van der Waals surface area contributed by atoms with Crippen LogP contribution in [0.5, 0.6) is 0 Å². The monoisotopic (exact) mass is 897 g/mol. The molecule has 0 unspecified atom stereocenters. The maximum absolute atomic E-state index is 6.65. The highest BCUT2D eigenvalue weighted by atomic mass is 32.1. The Labute approximate surface area is 398 Å². The summed E-state index contributed by atoms with van der Waals surface area (Å²) in [7, 11) is 0. The van der Waals surface area contributed by atoms with E-state index in [2.05, 4.69) is 182 Å². The average molecular weight is 898 g/mol. The van der Waals surface area contributed by atoms with Gasteiger partial charge in [0.05, 0.1) is 0 Å². The first kappa shape index (κ1) is 38.2. The Morgan fingerprint density at radius 3 is 1.55 bits per heavy atom. The highest BCUT2D eigenvalue weighted by Gasteiger charge is 2.21. The van der Waals surface area contributed by atoms with Crippen molar-refractivity contribution in [3.63, 3.8) is 0 Å². The Bertz CT molecular complexity index is 4590. The summed E-state index contributed by atoms with van der Waals surface area (Å²) in [5, 5.41) is 13.9. The normalized spacial score (nSPS) is 12.1. The van der Waals surface area contributed by atoms with Gasteiger partial charge in [0, 0.05) is 58.4 Å². The summed E-state index contributed by atoms with van der Waals surface area (Å²) in [6.45, 7) is 0. The van der Waals surface area contributed by atoms with Crippen LogP contribution in [-0.4, -0.2) is 15.0 Å². The van der Waals surface area contributed by atoms with E-state index in [1.807, 2.05) is 41.7 Å². The smallest absolute Gasteiger partial charge is 0.164 e. The molecule has 69 heavy (non-hydrogen) atoms. The minimum Gasteiger partial charge on any atom is -0.456 e. The van der Waals surface area contributed by atoms with Crippen molar-refractivity contribution in [2.45, 2.75) is 0 Å². The second-order valence-corrected chi connectivity index (χ2v) is 18.9. The molecular weight excluding hydrogens is 863 g/mol. The molecule has 0 N–H and O–H groups in total. The van der Waals surface area contributed by atoms with Crippen LogP contribution >= 0.6 is 11.3 Å². The Morgan fingerprint density at radius 2 is 0.783 bits per heavy atom. The predicted molar refractivity (Wildman–Crippen MR) is 287 cm³/mol. The largest absolute Gasteiger partial charge is 0.456 e. The molecule has 11 aromatic carbocycles. The van der Waals surface area contributed by atoms with E-state index in [1.54, 1.807) is 0 Å². The van der Waals surface area contributed by atoms with Crippen molar-refractivity contribution in [2.75, 3.05) is 0 Å². The number of aromatic nitrogens is 3. The first-order valence-corrected chi connectivity index (χ1v) is 24.0. The third-order valence-corrected chi connectivity index (χ3v) is 15.1.